The van der Waals surface area contributed by atoms with E-state index in [4.69, 9.17) is 4.98 Å². The molecule has 1 unspecified atom stereocenters. The van der Waals surface area contributed by atoms with Crippen molar-refractivity contribution in [1.82, 2.24) is 29.6 Å². The fourth-order valence-electron chi connectivity index (χ4n) is 3.66. The first-order valence-corrected chi connectivity index (χ1v) is 11.6. The normalized spacial score (nSPS) is 14.3. The van der Waals surface area contributed by atoms with Crippen molar-refractivity contribution in [3.05, 3.63) is 90.3 Å². The van der Waals surface area contributed by atoms with Crippen molar-refractivity contribution >= 4 is 17.7 Å². The zero-order valence-electron chi connectivity index (χ0n) is 17.8. The molecule has 0 saturated heterocycles. The topological polar surface area (TPSA) is 77.6 Å². The van der Waals surface area contributed by atoms with Gasteiger partial charge in [0.05, 0.1) is 11.4 Å². The molecule has 1 aliphatic carbocycles. The number of thioether (sulfide) groups is 1. The summed E-state index contributed by atoms with van der Waals surface area (Å²) in [6.07, 6.45) is 5.90. The van der Waals surface area contributed by atoms with Crippen molar-refractivity contribution in [2.24, 2.45) is 7.05 Å². The van der Waals surface area contributed by atoms with Crippen LogP contribution in [0.4, 0.5) is 0 Å². The van der Waals surface area contributed by atoms with Gasteiger partial charge in [-0.3, -0.25) is 4.79 Å². The second-order valence-electron chi connectivity index (χ2n) is 7.87. The maximum absolute atomic E-state index is 12.9. The number of amides is 1. The fourth-order valence-corrected chi connectivity index (χ4v) is 4.30. The first-order valence-electron chi connectivity index (χ1n) is 10.7. The van der Waals surface area contributed by atoms with Crippen molar-refractivity contribution in [1.29, 1.82) is 0 Å². The lowest BCUT2D eigenvalue weighted by Crippen LogP contribution is -2.32. The molecule has 1 amide bonds. The average Bonchev–Trinajstić information content (AvgIpc) is 3.45. The molecule has 7 nitrogen and oxygen atoms in total. The van der Waals surface area contributed by atoms with Crippen LogP contribution >= 0.6 is 11.8 Å². The fraction of sp³-hybridized carbons (Fsp3) is 0.250. The van der Waals surface area contributed by atoms with Gasteiger partial charge in [-0.05, 0) is 30.5 Å². The summed E-state index contributed by atoms with van der Waals surface area (Å²) in [4.78, 5) is 22.1. The van der Waals surface area contributed by atoms with Gasteiger partial charge in [-0.1, -0.05) is 60.3 Å². The number of para-hydroxylation sites is 1. The molecule has 8 heteroatoms. The number of carbonyl (C=O) groups excluding carboxylic acids is 1. The van der Waals surface area contributed by atoms with E-state index in [2.05, 4.69) is 15.4 Å². The van der Waals surface area contributed by atoms with Crippen LogP contribution in [0.25, 0.3) is 5.69 Å². The highest BCUT2D eigenvalue weighted by Gasteiger charge is 2.30. The average molecular weight is 445 g/mol. The number of benzene rings is 2. The van der Waals surface area contributed by atoms with Crippen LogP contribution in [-0.2, 0) is 11.8 Å². The Morgan fingerprint density at radius 1 is 1.12 bits per heavy atom. The Hall–Kier alpha value is -3.39. The molecule has 0 radical (unpaired) electrons. The molecule has 162 valence electrons. The van der Waals surface area contributed by atoms with Gasteiger partial charge < -0.3 is 9.88 Å². The Balaban J connectivity index is 1.31. The second kappa shape index (κ2) is 9.00. The smallest absolute Gasteiger partial charge is 0.231 e. The molecule has 1 aliphatic rings. The lowest BCUT2D eigenvalue weighted by molar-refractivity contribution is -0.119. The molecule has 0 bridgehead atoms. The van der Waals surface area contributed by atoms with Gasteiger partial charge in [-0.15, -0.1) is 5.10 Å². The molecule has 0 spiro atoms. The Morgan fingerprint density at radius 3 is 2.50 bits per heavy atom. The van der Waals surface area contributed by atoms with E-state index in [-0.39, 0.29) is 17.7 Å². The monoisotopic (exact) mass is 444 g/mol. The van der Waals surface area contributed by atoms with E-state index in [0.29, 0.717) is 11.1 Å². The molecule has 4 aromatic rings. The third-order valence-corrected chi connectivity index (χ3v) is 6.28. The maximum Gasteiger partial charge on any atom is 0.231 e. The van der Waals surface area contributed by atoms with E-state index in [1.165, 1.54) is 11.8 Å². The van der Waals surface area contributed by atoms with Crippen LogP contribution in [0, 0.1) is 0 Å². The molecule has 1 N–H and O–H groups in total. The van der Waals surface area contributed by atoms with E-state index >= 15 is 0 Å². The molecular formula is C24H24N6OS. The minimum atomic E-state index is -0.318. The Labute approximate surface area is 190 Å². The number of nitrogens with zero attached hydrogens (tertiary/aromatic N) is 5. The Kier molecular flexibility index (Phi) is 5.77. The number of hydrogen-bond acceptors (Lipinski definition) is 5. The lowest BCUT2D eigenvalue weighted by Gasteiger charge is -2.19. The van der Waals surface area contributed by atoms with E-state index in [0.717, 1.165) is 35.7 Å². The number of aromatic nitrogens is 5. The van der Waals surface area contributed by atoms with E-state index in [9.17, 15) is 4.79 Å². The first kappa shape index (κ1) is 20.5. The predicted molar refractivity (Wildman–Crippen MR) is 124 cm³/mol. The van der Waals surface area contributed by atoms with Crippen LogP contribution in [0.5, 0.6) is 0 Å². The summed E-state index contributed by atoms with van der Waals surface area (Å²) in [7, 11) is 1.93. The highest BCUT2D eigenvalue weighted by Crippen LogP contribution is 2.40. The molecule has 5 rings (SSSR count). The summed E-state index contributed by atoms with van der Waals surface area (Å²) in [6.45, 7) is 0. The molecule has 1 atom stereocenters. The molecule has 2 aromatic heterocycles. The quantitative estimate of drug-likeness (QED) is 0.418. The van der Waals surface area contributed by atoms with Gasteiger partial charge in [-0.25, -0.2) is 14.6 Å². The highest BCUT2D eigenvalue weighted by atomic mass is 32.2. The van der Waals surface area contributed by atoms with Crippen LogP contribution < -0.4 is 5.32 Å². The predicted octanol–water partition coefficient (Wildman–Crippen LogP) is 3.88. The van der Waals surface area contributed by atoms with Crippen LogP contribution in [0.15, 0.2) is 78.2 Å². The summed E-state index contributed by atoms with van der Waals surface area (Å²) in [5, 5.41) is 8.44. The van der Waals surface area contributed by atoms with Crippen molar-refractivity contribution in [2.45, 2.75) is 30.0 Å². The van der Waals surface area contributed by atoms with Crippen LogP contribution in [0.2, 0.25) is 0 Å². The minimum Gasteiger partial charge on any atom is -0.341 e. The molecule has 2 heterocycles. The maximum atomic E-state index is 12.9. The number of carbonyl (C=O) groups is 1. The summed E-state index contributed by atoms with van der Waals surface area (Å²) < 4.78 is 3.84. The first-order chi connectivity index (χ1) is 15.7. The van der Waals surface area contributed by atoms with Gasteiger partial charge in [0.15, 0.2) is 0 Å². The van der Waals surface area contributed by atoms with E-state index < -0.39 is 0 Å². The molecule has 0 aliphatic heterocycles. The Morgan fingerprint density at radius 2 is 1.84 bits per heavy atom. The number of imidazole rings is 1. The zero-order valence-corrected chi connectivity index (χ0v) is 18.6. The molecular weight excluding hydrogens is 420 g/mol. The standard InChI is InChI=1S/C24H24N6OS/c1-29-15-14-25-23(29)21(17-8-4-2-5-9-17)26-20(31)16-32-24-27-22(18-12-13-18)30(28-24)19-10-6-3-7-11-19/h2-11,14-15,18,21H,12-13,16H2,1H3,(H,26,31). The number of aryl methyl sites for hydroxylation is 1. The zero-order chi connectivity index (χ0) is 21.9. The summed E-state index contributed by atoms with van der Waals surface area (Å²) in [5.74, 6) is 2.37. The molecule has 1 fully saturated rings. The van der Waals surface area contributed by atoms with Crippen molar-refractivity contribution in [3.8, 4) is 5.69 Å². The van der Waals surface area contributed by atoms with Gasteiger partial charge in [0.25, 0.3) is 0 Å². The van der Waals surface area contributed by atoms with Crippen molar-refractivity contribution < 1.29 is 4.79 Å². The largest absolute Gasteiger partial charge is 0.341 e. The number of rotatable bonds is 8. The van der Waals surface area contributed by atoms with Crippen LogP contribution in [-0.4, -0.2) is 36.0 Å². The molecule has 1 saturated carbocycles. The third-order valence-electron chi connectivity index (χ3n) is 5.44. The number of hydrogen-bond donors (Lipinski definition) is 1. The molecule has 2 aromatic carbocycles. The van der Waals surface area contributed by atoms with Crippen LogP contribution in [0.3, 0.4) is 0 Å². The minimum absolute atomic E-state index is 0.0871. The summed E-state index contributed by atoms with van der Waals surface area (Å²) in [6, 6.07) is 19.6. The SMILES string of the molecule is Cn1ccnc1C(NC(=O)CSc1nc(C2CC2)n(-c2ccccc2)n1)c1ccccc1. The van der Waals surface area contributed by atoms with Crippen molar-refractivity contribution in [3.63, 3.8) is 0 Å². The highest BCUT2D eigenvalue weighted by molar-refractivity contribution is 7.99. The summed E-state index contributed by atoms with van der Waals surface area (Å²) in [5.41, 5.74) is 1.99. The van der Waals surface area contributed by atoms with Gasteiger partial charge >= 0.3 is 0 Å². The summed E-state index contributed by atoms with van der Waals surface area (Å²) >= 11 is 1.36. The number of nitrogens with one attached hydrogen (secondary N) is 1. The van der Waals surface area contributed by atoms with Crippen molar-refractivity contribution in [2.75, 3.05) is 5.75 Å². The van der Waals surface area contributed by atoms with Gasteiger partial charge in [0.2, 0.25) is 11.1 Å². The van der Waals surface area contributed by atoms with Crippen LogP contribution in [0.1, 0.15) is 42.0 Å². The van der Waals surface area contributed by atoms with Gasteiger partial charge in [0.1, 0.15) is 17.7 Å². The van der Waals surface area contributed by atoms with E-state index in [1.54, 1.807) is 6.20 Å². The van der Waals surface area contributed by atoms with Gasteiger partial charge in [-0.2, -0.15) is 0 Å². The third kappa shape index (κ3) is 4.45. The molecule has 32 heavy (non-hydrogen) atoms. The second-order valence-corrected chi connectivity index (χ2v) is 8.81. The lowest BCUT2D eigenvalue weighted by atomic mass is 10.1. The Bertz CT molecular complexity index is 1200. The van der Waals surface area contributed by atoms with Gasteiger partial charge in [0, 0.05) is 25.4 Å². The van der Waals surface area contributed by atoms with E-state index in [1.807, 2.05) is 83.2 Å².